The second-order valence-corrected chi connectivity index (χ2v) is 3.35. The van der Waals surface area contributed by atoms with E-state index in [1.807, 2.05) is 0 Å². The number of hydrogen-bond donors (Lipinski definition) is 0. The summed E-state index contributed by atoms with van der Waals surface area (Å²) in [6.45, 7) is 1.47. The van der Waals surface area contributed by atoms with Gasteiger partial charge in [-0.1, -0.05) is 0 Å². The van der Waals surface area contributed by atoms with Crippen LogP contribution in [0.2, 0.25) is 0 Å². The molecule has 15 heavy (non-hydrogen) atoms. The van der Waals surface area contributed by atoms with Gasteiger partial charge in [-0.3, -0.25) is 0 Å². The zero-order valence-corrected chi connectivity index (χ0v) is 8.98. The second-order valence-electron chi connectivity index (χ2n) is 2.60. The van der Waals surface area contributed by atoms with Crippen LogP contribution in [0.1, 0.15) is 11.1 Å². The fourth-order valence-corrected chi connectivity index (χ4v) is 1.29. The van der Waals surface area contributed by atoms with Crippen LogP contribution in [0.5, 0.6) is 5.75 Å². The summed E-state index contributed by atoms with van der Waals surface area (Å²) in [5.41, 5.74) is 0.133. The van der Waals surface area contributed by atoms with E-state index >= 15 is 0 Å². The smallest absolute Gasteiger partial charge is 0.401 e. The normalized spacial score (nSPS) is 10.9. The highest BCUT2D eigenvalue weighted by Gasteiger charge is 2.33. The summed E-state index contributed by atoms with van der Waals surface area (Å²) in [6.07, 6.45) is -3.56. The molecule has 0 spiro atoms. The van der Waals surface area contributed by atoms with Gasteiger partial charge in [-0.2, -0.15) is 5.26 Å². The zero-order chi connectivity index (χ0) is 11.6. The molecule has 1 aromatic heterocycles. The van der Waals surface area contributed by atoms with Crippen LogP contribution in [0.25, 0.3) is 0 Å². The van der Waals surface area contributed by atoms with Crippen molar-refractivity contribution in [2.24, 2.45) is 0 Å². The molecule has 0 aromatic carbocycles. The van der Waals surface area contributed by atoms with Crippen molar-refractivity contribution in [1.82, 2.24) is 4.98 Å². The number of aromatic nitrogens is 1. The molecule has 0 amide bonds. The minimum Gasteiger partial charge on any atom is -0.401 e. The van der Waals surface area contributed by atoms with E-state index in [2.05, 4.69) is 25.7 Å². The molecule has 0 radical (unpaired) electrons. The van der Waals surface area contributed by atoms with Crippen molar-refractivity contribution < 1.29 is 17.9 Å². The Morgan fingerprint density at radius 1 is 1.53 bits per heavy atom. The van der Waals surface area contributed by atoms with Crippen LogP contribution >= 0.6 is 15.9 Å². The number of nitrogens with zero attached hydrogens (tertiary/aromatic N) is 2. The Hall–Kier alpha value is -1.29. The van der Waals surface area contributed by atoms with Crippen molar-refractivity contribution in [1.29, 1.82) is 5.26 Å². The van der Waals surface area contributed by atoms with Gasteiger partial charge in [0.05, 0.1) is 0 Å². The standard InChI is InChI=1S/C8H4BrF3N2O/c1-4-3-14-7(9)6(5(4)2-13)15-8(10,11)12/h3H,1H3. The molecule has 1 aromatic rings. The number of rotatable bonds is 1. The van der Waals surface area contributed by atoms with Crippen molar-refractivity contribution in [3.63, 3.8) is 0 Å². The number of pyridine rings is 1. The minimum atomic E-state index is -4.84. The number of ether oxygens (including phenoxy) is 1. The first-order valence-corrected chi connectivity index (χ1v) is 4.45. The molecule has 3 nitrogen and oxygen atoms in total. The number of halogens is 4. The lowest BCUT2D eigenvalue weighted by atomic mass is 10.2. The molecule has 0 fully saturated rings. The topological polar surface area (TPSA) is 45.9 Å². The van der Waals surface area contributed by atoms with Crippen LogP contribution in [0, 0.1) is 18.3 Å². The Morgan fingerprint density at radius 3 is 2.60 bits per heavy atom. The molecule has 7 heteroatoms. The van der Waals surface area contributed by atoms with Gasteiger partial charge in [0.25, 0.3) is 0 Å². The number of alkyl halides is 3. The molecule has 0 unspecified atom stereocenters. The molecule has 0 aliphatic heterocycles. The van der Waals surface area contributed by atoms with Crippen LogP contribution in [-0.4, -0.2) is 11.3 Å². The van der Waals surface area contributed by atoms with Crippen molar-refractivity contribution in [2.45, 2.75) is 13.3 Å². The van der Waals surface area contributed by atoms with Crippen molar-refractivity contribution in [3.8, 4) is 11.8 Å². The maximum atomic E-state index is 12.0. The lowest BCUT2D eigenvalue weighted by Crippen LogP contribution is -2.18. The summed E-state index contributed by atoms with van der Waals surface area (Å²) in [4.78, 5) is 3.61. The van der Waals surface area contributed by atoms with Crippen molar-refractivity contribution >= 4 is 15.9 Å². The number of hydrogen-bond acceptors (Lipinski definition) is 3. The first kappa shape index (κ1) is 11.8. The molecular weight excluding hydrogens is 277 g/mol. The molecule has 0 aliphatic rings. The molecule has 0 atom stereocenters. The minimum absolute atomic E-state index is 0.151. The Balaban J connectivity index is 3.28. The van der Waals surface area contributed by atoms with Gasteiger partial charge >= 0.3 is 6.36 Å². The molecule has 0 saturated heterocycles. The van der Waals surface area contributed by atoms with Crippen LogP contribution in [0.3, 0.4) is 0 Å². The third kappa shape index (κ3) is 2.83. The van der Waals surface area contributed by atoms with Gasteiger partial charge < -0.3 is 4.74 Å². The largest absolute Gasteiger partial charge is 0.573 e. The fourth-order valence-electron chi connectivity index (χ4n) is 0.907. The van der Waals surface area contributed by atoms with Gasteiger partial charge in [-0.25, -0.2) is 4.98 Å². The highest BCUT2D eigenvalue weighted by Crippen LogP contribution is 2.33. The van der Waals surface area contributed by atoms with Crippen LogP contribution in [0.15, 0.2) is 10.8 Å². The maximum absolute atomic E-state index is 12.0. The first-order chi connectivity index (χ1) is 6.85. The van der Waals surface area contributed by atoms with Crippen molar-refractivity contribution in [3.05, 3.63) is 21.9 Å². The second kappa shape index (κ2) is 4.06. The third-order valence-electron chi connectivity index (χ3n) is 1.51. The van der Waals surface area contributed by atoms with E-state index in [4.69, 9.17) is 5.26 Å². The summed E-state index contributed by atoms with van der Waals surface area (Å²) in [7, 11) is 0. The Bertz CT molecular complexity index is 425. The predicted octanol–water partition coefficient (Wildman–Crippen LogP) is 2.92. The summed E-state index contributed by atoms with van der Waals surface area (Å²) < 4.78 is 39.5. The van der Waals surface area contributed by atoms with Crippen LogP contribution in [-0.2, 0) is 0 Å². The maximum Gasteiger partial charge on any atom is 0.573 e. The number of aryl methyl sites for hydroxylation is 1. The van der Waals surface area contributed by atoms with Gasteiger partial charge in [0.1, 0.15) is 16.2 Å². The van der Waals surface area contributed by atoms with E-state index < -0.39 is 12.1 Å². The number of nitriles is 1. The quantitative estimate of drug-likeness (QED) is 0.743. The summed E-state index contributed by atoms with van der Waals surface area (Å²) in [5, 5.41) is 8.67. The summed E-state index contributed by atoms with van der Waals surface area (Å²) in [5.74, 6) is -0.606. The Labute approximate surface area is 91.6 Å². The summed E-state index contributed by atoms with van der Waals surface area (Å²) in [6, 6.07) is 1.63. The molecule has 80 valence electrons. The SMILES string of the molecule is Cc1cnc(Br)c(OC(F)(F)F)c1C#N. The Kier molecular flexibility index (Phi) is 3.19. The highest BCUT2D eigenvalue weighted by atomic mass is 79.9. The summed E-state index contributed by atoms with van der Waals surface area (Å²) >= 11 is 2.79. The predicted molar refractivity (Wildman–Crippen MR) is 48.1 cm³/mol. The molecule has 1 rings (SSSR count). The van der Waals surface area contributed by atoms with Crippen molar-refractivity contribution in [2.75, 3.05) is 0 Å². The van der Waals surface area contributed by atoms with E-state index in [1.165, 1.54) is 13.1 Å². The van der Waals surface area contributed by atoms with E-state index in [0.717, 1.165) is 0 Å². The lowest BCUT2D eigenvalue weighted by molar-refractivity contribution is -0.275. The van der Waals surface area contributed by atoms with E-state index in [-0.39, 0.29) is 10.2 Å². The van der Waals surface area contributed by atoms with E-state index in [9.17, 15) is 13.2 Å². The third-order valence-corrected chi connectivity index (χ3v) is 2.07. The van der Waals surface area contributed by atoms with Crippen LogP contribution in [0.4, 0.5) is 13.2 Å². The zero-order valence-electron chi connectivity index (χ0n) is 7.39. The molecule has 0 saturated carbocycles. The molecule has 0 N–H and O–H groups in total. The lowest BCUT2D eigenvalue weighted by Gasteiger charge is -2.12. The van der Waals surface area contributed by atoms with Gasteiger partial charge in [-0.05, 0) is 28.4 Å². The van der Waals surface area contributed by atoms with Gasteiger partial charge in [-0.15, -0.1) is 13.2 Å². The Morgan fingerprint density at radius 2 is 2.13 bits per heavy atom. The van der Waals surface area contributed by atoms with Gasteiger partial charge in [0, 0.05) is 6.20 Å². The van der Waals surface area contributed by atoms with Gasteiger partial charge in [0.2, 0.25) is 0 Å². The molecular formula is C8H4BrF3N2O. The highest BCUT2D eigenvalue weighted by molar-refractivity contribution is 9.10. The average molecular weight is 281 g/mol. The average Bonchev–Trinajstić information content (AvgIpc) is 2.10. The first-order valence-electron chi connectivity index (χ1n) is 3.66. The van der Waals surface area contributed by atoms with Crippen LogP contribution < -0.4 is 4.74 Å². The van der Waals surface area contributed by atoms with Gasteiger partial charge in [0.15, 0.2) is 5.75 Å². The monoisotopic (exact) mass is 280 g/mol. The van der Waals surface area contributed by atoms with E-state index in [0.29, 0.717) is 5.56 Å². The fraction of sp³-hybridized carbons (Fsp3) is 0.250. The van der Waals surface area contributed by atoms with E-state index in [1.54, 1.807) is 6.07 Å². The molecule has 0 bridgehead atoms. The molecule has 1 heterocycles. The molecule has 0 aliphatic carbocycles.